The highest BCUT2D eigenvalue weighted by molar-refractivity contribution is 5.55. The van der Waals surface area contributed by atoms with Crippen LogP contribution in [0.25, 0.3) is 0 Å². The predicted molar refractivity (Wildman–Crippen MR) is 80.7 cm³/mol. The second kappa shape index (κ2) is 5.63. The van der Waals surface area contributed by atoms with Gasteiger partial charge in [-0.25, -0.2) is 4.39 Å². The lowest BCUT2D eigenvalue weighted by molar-refractivity contribution is -0.385. The summed E-state index contributed by atoms with van der Waals surface area (Å²) in [6.07, 6.45) is 0.701. The summed E-state index contributed by atoms with van der Waals surface area (Å²) in [7, 11) is 0. The molecule has 0 spiro atoms. The zero-order valence-electron chi connectivity index (χ0n) is 12.0. The summed E-state index contributed by atoms with van der Waals surface area (Å²) in [5, 5.41) is 14.2. The van der Waals surface area contributed by atoms with Crippen molar-refractivity contribution in [1.82, 2.24) is 0 Å². The van der Waals surface area contributed by atoms with Crippen molar-refractivity contribution >= 4 is 11.4 Å². The number of hydrogen-bond donors (Lipinski definition) is 1. The average Bonchev–Trinajstić information content (AvgIpc) is 2.47. The lowest BCUT2D eigenvalue weighted by Crippen LogP contribution is -2.20. The number of nitrogens with zero attached hydrogens (tertiary/aromatic N) is 1. The van der Waals surface area contributed by atoms with Crippen LogP contribution in [0.5, 0.6) is 5.75 Å². The summed E-state index contributed by atoms with van der Waals surface area (Å²) >= 11 is 0. The van der Waals surface area contributed by atoms with Crippen molar-refractivity contribution < 1.29 is 14.1 Å². The number of nitro groups is 1. The number of rotatable bonds is 3. The third-order valence-corrected chi connectivity index (χ3v) is 3.75. The zero-order chi connectivity index (χ0) is 15.7. The minimum atomic E-state index is -0.405. The quantitative estimate of drug-likeness (QED) is 0.688. The van der Waals surface area contributed by atoms with E-state index in [9.17, 15) is 14.5 Å². The van der Waals surface area contributed by atoms with Gasteiger partial charge in [0.2, 0.25) is 0 Å². The second-order valence-electron chi connectivity index (χ2n) is 5.27. The lowest BCUT2D eigenvalue weighted by atomic mass is 10.00. The molecule has 1 atom stereocenters. The van der Waals surface area contributed by atoms with E-state index in [-0.39, 0.29) is 17.5 Å². The van der Waals surface area contributed by atoms with Crippen LogP contribution in [0.15, 0.2) is 36.4 Å². The Hall–Kier alpha value is -2.63. The first kappa shape index (κ1) is 14.3. The highest BCUT2D eigenvalue weighted by atomic mass is 19.1. The van der Waals surface area contributed by atoms with Crippen molar-refractivity contribution in [2.75, 3.05) is 11.9 Å². The Kier molecular flexibility index (Phi) is 3.66. The first-order valence-electron chi connectivity index (χ1n) is 6.98. The summed E-state index contributed by atoms with van der Waals surface area (Å²) < 4.78 is 19.0. The number of halogens is 1. The number of ether oxygens (including phenoxy) is 1. The van der Waals surface area contributed by atoms with Gasteiger partial charge < -0.3 is 10.1 Å². The highest BCUT2D eigenvalue weighted by Crippen LogP contribution is 2.35. The van der Waals surface area contributed by atoms with Gasteiger partial charge >= 0.3 is 0 Å². The van der Waals surface area contributed by atoms with Gasteiger partial charge in [-0.05, 0) is 37.3 Å². The monoisotopic (exact) mass is 302 g/mol. The summed E-state index contributed by atoms with van der Waals surface area (Å²) in [5.74, 6) is 0.361. The standard InChI is InChI=1S/C16H15FN2O3/c1-10-8-12(3-4-15(10)19(20)21)18-14-6-7-22-16-5-2-11(17)9-13(14)16/h2-5,8-9,14,18H,6-7H2,1H3. The smallest absolute Gasteiger partial charge is 0.272 e. The molecule has 2 aromatic carbocycles. The molecule has 1 N–H and O–H groups in total. The number of benzene rings is 2. The molecule has 1 unspecified atom stereocenters. The number of nitrogens with one attached hydrogen (secondary N) is 1. The van der Waals surface area contributed by atoms with E-state index >= 15 is 0 Å². The summed E-state index contributed by atoms with van der Waals surface area (Å²) in [6, 6.07) is 9.25. The number of fused-ring (bicyclic) bond motifs is 1. The van der Waals surface area contributed by atoms with Crippen molar-refractivity contribution in [3.8, 4) is 5.75 Å². The Bertz CT molecular complexity index is 733. The molecule has 0 bridgehead atoms. The first-order chi connectivity index (χ1) is 10.5. The van der Waals surface area contributed by atoms with Gasteiger partial charge in [0.1, 0.15) is 11.6 Å². The van der Waals surface area contributed by atoms with Crippen LogP contribution >= 0.6 is 0 Å². The van der Waals surface area contributed by atoms with Crippen molar-refractivity contribution in [2.45, 2.75) is 19.4 Å². The molecule has 0 saturated heterocycles. The third kappa shape index (κ3) is 2.72. The van der Waals surface area contributed by atoms with Crippen molar-refractivity contribution in [2.24, 2.45) is 0 Å². The van der Waals surface area contributed by atoms with Gasteiger partial charge in [-0.2, -0.15) is 0 Å². The maximum Gasteiger partial charge on any atom is 0.272 e. The number of anilines is 1. The number of aryl methyl sites for hydroxylation is 1. The van der Waals surface area contributed by atoms with E-state index in [4.69, 9.17) is 4.74 Å². The zero-order valence-corrected chi connectivity index (χ0v) is 12.0. The minimum absolute atomic E-state index is 0.0830. The van der Waals surface area contributed by atoms with Gasteiger partial charge in [0, 0.05) is 29.3 Å². The van der Waals surface area contributed by atoms with Gasteiger partial charge in [-0.3, -0.25) is 10.1 Å². The second-order valence-corrected chi connectivity index (χ2v) is 5.27. The molecule has 1 aliphatic rings. The Balaban J connectivity index is 1.87. The van der Waals surface area contributed by atoms with Crippen LogP contribution in [-0.4, -0.2) is 11.5 Å². The average molecular weight is 302 g/mol. The van der Waals surface area contributed by atoms with Gasteiger partial charge in [0.15, 0.2) is 0 Å². The molecule has 1 heterocycles. The summed E-state index contributed by atoms with van der Waals surface area (Å²) in [6.45, 7) is 2.24. The van der Waals surface area contributed by atoms with Gasteiger partial charge in [0.25, 0.3) is 5.69 Å². The van der Waals surface area contributed by atoms with Crippen molar-refractivity contribution in [3.05, 3.63) is 63.5 Å². The Labute approximate surface area is 126 Å². The Morgan fingerprint density at radius 3 is 2.86 bits per heavy atom. The maximum absolute atomic E-state index is 13.5. The van der Waals surface area contributed by atoms with E-state index in [1.165, 1.54) is 18.2 Å². The molecule has 0 radical (unpaired) electrons. The fraction of sp³-hybridized carbons (Fsp3) is 0.250. The normalized spacial score (nSPS) is 16.5. The first-order valence-corrected chi connectivity index (χ1v) is 6.98. The molecule has 2 aromatic rings. The molecule has 114 valence electrons. The van der Waals surface area contributed by atoms with E-state index in [0.717, 1.165) is 11.3 Å². The molecule has 0 amide bonds. The predicted octanol–water partition coefficient (Wildman–Crippen LogP) is 3.98. The van der Waals surface area contributed by atoms with Crippen LogP contribution in [0.4, 0.5) is 15.8 Å². The van der Waals surface area contributed by atoms with Gasteiger partial charge in [0.05, 0.1) is 17.6 Å². The van der Waals surface area contributed by atoms with Crippen LogP contribution in [-0.2, 0) is 0 Å². The summed E-state index contributed by atoms with van der Waals surface area (Å²) in [4.78, 5) is 10.4. The van der Waals surface area contributed by atoms with Crippen molar-refractivity contribution in [1.29, 1.82) is 0 Å². The highest BCUT2D eigenvalue weighted by Gasteiger charge is 2.22. The van der Waals surface area contributed by atoms with E-state index in [2.05, 4.69) is 5.32 Å². The van der Waals surface area contributed by atoms with Crippen molar-refractivity contribution in [3.63, 3.8) is 0 Å². The molecule has 0 aromatic heterocycles. The molecule has 22 heavy (non-hydrogen) atoms. The topological polar surface area (TPSA) is 64.4 Å². The molecule has 0 saturated carbocycles. The van der Waals surface area contributed by atoms with Crippen LogP contribution in [0.2, 0.25) is 0 Å². The Morgan fingerprint density at radius 1 is 1.32 bits per heavy atom. The van der Waals surface area contributed by atoms with E-state index < -0.39 is 4.92 Å². The fourth-order valence-corrected chi connectivity index (χ4v) is 2.67. The molecule has 1 aliphatic heterocycles. The largest absolute Gasteiger partial charge is 0.493 e. The van der Waals surface area contributed by atoms with Gasteiger partial charge in [-0.15, -0.1) is 0 Å². The SMILES string of the molecule is Cc1cc(NC2CCOc3ccc(F)cc32)ccc1[N+](=O)[O-]. The van der Waals surface area contributed by atoms with E-state index in [0.29, 0.717) is 24.3 Å². The number of hydrogen-bond acceptors (Lipinski definition) is 4. The van der Waals surface area contributed by atoms with Crippen LogP contribution in [0.3, 0.4) is 0 Å². The minimum Gasteiger partial charge on any atom is -0.493 e. The van der Waals surface area contributed by atoms with Crippen LogP contribution in [0.1, 0.15) is 23.6 Å². The van der Waals surface area contributed by atoms with E-state index in [1.807, 2.05) is 0 Å². The fourth-order valence-electron chi connectivity index (χ4n) is 2.67. The molecular formula is C16H15FN2O3. The van der Waals surface area contributed by atoms with Crippen LogP contribution in [0, 0.1) is 22.9 Å². The van der Waals surface area contributed by atoms with Crippen LogP contribution < -0.4 is 10.1 Å². The van der Waals surface area contributed by atoms with E-state index in [1.54, 1.807) is 25.1 Å². The third-order valence-electron chi connectivity index (χ3n) is 3.75. The molecular weight excluding hydrogens is 287 g/mol. The number of nitro benzene ring substituents is 1. The molecule has 0 aliphatic carbocycles. The molecule has 5 nitrogen and oxygen atoms in total. The molecule has 6 heteroatoms. The Morgan fingerprint density at radius 2 is 2.14 bits per heavy atom. The summed E-state index contributed by atoms with van der Waals surface area (Å²) in [5.41, 5.74) is 2.21. The van der Waals surface area contributed by atoms with Gasteiger partial charge in [-0.1, -0.05) is 0 Å². The maximum atomic E-state index is 13.5. The molecule has 3 rings (SSSR count). The lowest BCUT2D eigenvalue weighted by Gasteiger charge is -2.27. The molecule has 0 fully saturated rings.